The molecule has 0 spiro atoms. The predicted molar refractivity (Wildman–Crippen MR) is 77.4 cm³/mol. The normalized spacial score (nSPS) is 24.7. The summed E-state index contributed by atoms with van der Waals surface area (Å²) in [7, 11) is 0.0361. The highest BCUT2D eigenvalue weighted by Crippen LogP contribution is 2.49. The van der Waals surface area contributed by atoms with E-state index in [4.69, 9.17) is 0 Å². The van der Waals surface area contributed by atoms with Gasteiger partial charge in [0.2, 0.25) is 0 Å². The third-order valence-electron chi connectivity index (χ3n) is 3.91. The quantitative estimate of drug-likeness (QED) is 0.646. The first-order valence-corrected chi connectivity index (χ1v) is 8.25. The lowest BCUT2D eigenvalue weighted by Gasteiger charge is -2.13. The summed E-state index contributed by atoms with van der Waals surface area (Å²) in [4.78, 5) is 0. The lowest BCUT2D eigenvalue weighted by atomic mass is 10.0. The molecular formula is C16H19P. The van der Waals surface area contributed by atoms with E-state index < -0.39 is 0 Å². The SMILES string of the molecule is C=C1CCCCC2=C1CP(c1ccccc1)C2. The van der Waals surface area contributed by atoms with Crippen LogP contribution in [0.25, 0.3) is 0 Å². The Balaban J connectivity index is 1.82. The van der Waals surface area contributed by atoms with Gasteiger partial charge in [-0.1, -0.05) is 56.0 Å². The van der Waals surface area contributed by atoms with E-state index in [1.54, 1.807) is 16.5 Å². The van der Waals surface area contributed by atoms with E-state index in [0.717, 1.165) is 0 Å². The van der Waals surface area contributed by atoms with Gasteiger partial charge in [0.1, 0.15) is 0 Å². The van der Waals surface area contributed by atoms with Crippen molar-refractivity contribution in [3.8, 4) is 0 Å². The second-order valence-corrected chi connectivity index (χ2v) is 7.31. The van der Waals surface area contributed by atoms with Crippen molar-refractivity contribution >= 4 is 13.2 Å². The fraction of sp³-hybridized carbons (Fsp3) is 0.375. The zero-order chi connectivity index (χ0) is 11.7. The van der Waals surface area contributed by atoms with Gasteiger partial charge in [-0.25, -0.2) is 0 Å². The van der Waals surface area contributed by atoms with Crippen molar-refractivity contribution in [1.29, 1.82) is 0 Å². The van der Waals surface area contributed by atoms with Crippen LogP contribution < -0.4 is 5.30 Å². The third-order valence-corrected chi connectivity index (χ3v) is 6.40. The molecule has 0 aromatic heterocycles. The summed E-state index contributed by atoms with van der Waals surface area (Å²) in [6.45, 7) is 4.30. The average Bonchev–Trinajstić information content (AvgIpc) is 2.72. The van der Waals surface area contributed by atoms with E-state index in [9.17, 15) is 0 Å². The van der Waals surface area contributed by atoms with Crippen molar-refractivity contribution < 1.29 is 0 Å². The molecule has 88 valence electrons. The first kappa shape index (κ1) is 11.2. The minimum atomic E-state index is 0.0361. The van der Waals surface area contributed by atoms with E-state index in [1.165, 1.54) is 43.6 Å². The van der Waals surface area contributed by atoms with Gasteiger partial charge >= 0.3 is 0 Å². The predicted octanol–water partition coefficient (Wildman–Crippen LogP) is 4.23. The van der Waals surface area contributed by atoms with Crippen LogP contribution in [0.1, 0.15) is 25.7 Å². The minimum Gasteiger partial charge on any atom is -0.0955 e. The highest BCUT2D eigenvalue weighted by molar-refractivity contribution is 7.66. The summed E-state index contributed by atoms with van der Waals surface area (Å²) < 4.78 is 0. The van der Waals surface area contributed by atoms with Crippen LogP contribution in [0.15, 0.2) is 53.6 Å². The molecule has 0 bridgehead atoms. The van der Waals surface area contributed by atoms with Crippen LogP contribution >= 0.6 is 7.92 Å². The van der Waals surface area contributed by atoms with Crippen molar-refractivity contribution in [1.82, 2.24) is 0 Å². The Labute approximate surface area is 105 Å². The van der Waals surface area contributed by atoms with E-state index in [0.29, 0.717) is 0 Å². The highest BCUT2D eigenvalue weighted by atomic mass is 31.1. The Morgan fingerprint density at radius 3 is 2.53 bits per heavy atom. The topological polar surface area (TPSA) is 0 Å². The fourth-order valence-electron chi connectivity index (χ4n) is 2.93. The molecule has 0 amide bonds. The van der Waals surface area contributed by atoms with E-state index >= 15 is 0 Å². The van der Waals surface area contributed by atoms with Gasteiger partial charge < -0.3 is 0 Å². The summed E-state index contributed by atoms with van der Waals surface area (Å²) in [6, 6.07) is 11.1. The van der Waals surface area contributed by atoms with Gasteiger partial charge in [0.15, 0.2) is 0 Å². The molecule has 3 rings (SSSR count). The summed E-state index contributed by atoms with van der Waals surface area (Å²) in [5.74, 6) is 0. The number of hydrogen-bond acceptors (Lipinski definition) is 0. The van der Waals surface area contributed by atoms with Crippen molar-refractivity contribution in [3.05, 3.63) is 53.6 Å². The summed E-state index contributed by atoms with van der Waals surface area (Å²) in [6.07, 6.45) is 7.92. The number of benzene rings is 1. The maximum absolute atomic E-state index is 4.30. The van der Waals surface area contributed by atoms with Crippen LogP contribution in [0.2, 0.25) is 0 Å². The molecule has 1 aliphatic heterocycles. The third kappa shape index (κ3) is 2.24. The molecule has 1 atom stereocenters. The first-order valence-electron chi connectivity index (χ1n) is 6.53. The molecular weight excluding hydrogens is 223 g/mol. The molecule has 1 heterocycles. The minimum absolute atomic E-state index is 0.0361. The van der Waals surface area contributed by atoms with E-state index in [1.807, 2.05) is 0 Å². The Morgan fingerprint density at radius 2 is 1.71 bits per heavy atom. The summed E-state index contributed by atoms with van der Waals surface area (Å²) >= 11 is 0. The Kier molecular flexibility index (Phi) is 3.16. The largest absolute Gasteiger partial charge is 0.0955 e. The number of allylic oxidation sites excluding steroid dienone is 3. The molecule has 17 heavy (non-hydrogen) atoms. The Morgan fingerprint density at radius 1 is 0.941 bits per heavy atom. The molecule has 0 saturated carbocycles. The van der Waals surface area contributed by atoms with Crippen molar-refractivity contribution in [2.45, 2.75) is 25.7 Å². The second kappa shape index (κ2) is 4.78. The van der Waals surface area contributed by atoms with Crippen LogP contribution in [0.3, 0.4) is 0 Å². The average molecular weight is 242 g/mol. The molecule has 0 nitrogen and oxygen atoms in total. The first-order chi connectivity index (χ1) is 8.34. The fourth-order valence-corrected chi connectivity index (χ4v) is 5.63. The van der Waals surface area contributed by atoms with Gasteiger partial charge in [0.05, 0.1) is 0 Å². The van der Waals surface area contributed by atoms with Crippen LogP contribution in [-0.2, 0) is 0 Å². The molecule has 1 aromatic carbocycles. The maximum Gasteiger partial charge on any atom is -0.00277 e. The lowest BCUT2D eigenvalue weighted by Crippen LogP contribution is -2.02. The van der Waals surface area contributed by atoms with Gasteiger partial charge in [0, 0.05) is 0 Å². The van der Waals surface area contributed by atoms with Crippen molar-refractivity contribution in [2.24, 2.45) is 0 Å². The van der Waals surface area contributed by atoms with Crippen molar-refractivity contribution in [2.75, 3.05) is 12.3 Å². The molecule has 1 aliphatic carbocycles. The maximum atomic E-state index is 4.30. The molecule has 1 unspecified atom stereocenters. The zero-order valence-corrected chi connectivity index (χ0v) is 11.2. The Bertz CT molecular complexity index is 456. The van der Waals surface area contributed by atoms with Gasteiger partial charge in [-0.05, 0) is 48.9 Å². The molecule has 0 N–H and O–H groups in total. The molecule has 1 aromatic rings. The molecule has 1 heteroatoms. The van der Waals surface area contributed by atoms with E-state index in [-0.39, 0.29) is 7.92 Å². The molecule has 0 fully saturated rings. The highest BCUT2D eigenvalue weighted by Gasteiger charge is 2.27. The van der Waals surface area contributed by atoms with Gasteiger partial charge in [-0.3, -0.25) is 0 Å². The monoisotopic (exact) mass is 242 g/mol. The van der Waals surface area contributed by atoms with Crippen LogP contribution in [0.4, 0.5) is 0 Å². The van der Waals surface area contributed by atoms with Gasteiger partial charge in [-0.15, -0.1) is 0 Å². The van der Waals surface area contributed by atoms with Crippen LogP contribution in [0.5, 0.6) is 0 Å². The van der Waals surface area contributed by atoms with Gasteiger partial charge in [0.25, 0.3) is 0 Å². The molecule has 2 aliphatic rings. The standard InChI is InChI=1S/C16H19P/c1-13-7-5-6-8-14-11-17(12-16(13)14)15-9-3-2-4-10-15/h2-4,9-10H,1,5-8,11-12H2. The van der Waals surface area contributed by atoms with Gasteiger partial charge in [-0.2, -0.15) is 0 Å². The number of hydrogen-bond donors (Lipinski definition) is 0. The van der Waals surface area contributed by atoms with Crippen LogP contribution in [-0.4, -0.2) is 12.3 Å². The second-order valence-electron chi connectivity index (χ2n) is 5.08. The summed E-state index contributed by atoms with van der Waals surface area (Å²) in [5, 5.41) is 1.57. The number of rotatable bonds is 1. The van der Waals surface area contributed by atoms with Crippen molar-refractivity contribution in [3.63, 3.8) is 0 Å². The lowest BCUT2D eigenvalue weighted by molar-refractivity contribution is 0.752. The zero-order valence-electron chi connectivity index (χ0n) is 10.3. The van der Waals surface area contributed by atoms with Crippen LogP contribution in [0, 0.1) is 0 Å². The molecule has 0 saturated heterocycles. The summed E-state index contributed by atoms with van der Waals surface area (Å²) in [5.41, 5.74) is 4.83. The Hall–Kier alpha value is -0.870. The molecule has 0 radical (unpaired) electrons. The van der Waals surface area contributed by atoms with E-state index in [2.05, 4.69) is 36.9 Å². The smallest absolute Gasteiger partial charge is 0.00277 e.